The molecule has 142 valence electrons. The molecule has 10 heteroatoms. The van der Waals surface area contributed by atoms with E-state index >= 15 is 0 Å². The van der Waals surface area contributed by atoms with E-state index in [1.165, 1.54) is 0 Å². The normalized spacial score (nSPS) is 12.1. The van der Waals surface area contributed by atoms with Crippen molar-refractivity contribution in [2.24, 2.45) is 0 Å². The third kappa shape index (κ3) is 4.96. The summed E-state index contributed by atoms with van der Waals surface area (Å²) >= 11 is 0. The summed E-state index contributed by atoms with van der Waals surface area (Å²) < 4.78 is 34.5. The molecule has 0 unspecified atom stereocenters. The summed E-state index contributed by atoms with van der Waals surface area (Å²) in [5.74, 6) is -0.979. The van der Waals surface area contributed by atoms with Crippen molar-refractivity contribution < 1.29 is 32.0 Å². The molecule has 26 heavy (non-hydrogen) atoms. The molecule has 0 saturated heterocycles. The Morgan fingerprint density at radius 3 is 2.54 bits per heavy atom. The van der Waals surface area contributed by atoms with Crippen molar-refractivity contribution in [2.45, 2.75) is 32.9 Å². The van der Waals surface area contributed by atoms with Gasteiger partial charge in [-0.05, 0) is 39.0 Å². The van der Waals surface area contributed by atoms with Crippen LogP contribution in [0.15, 0.2) is 30.5 Å². The molecule has 0 aliphatic rings. The maximum Gasteiger partial charge on any atom is 0.452 e. The first-order chi connectivity index (χ1) is 12.0. The van der Waals surface area contributed by atoms with Gasteiger partial charge in [-0.25, -0.2) is 8.98 Å². The highest BCUT2D eigenvalue weighted by Gasteiger charge is 2.30. The van der Waals surface area contributed by atoms with Gasteiger partial charge in [0.15, 0.2) is 0 Å². The number of aromatic nitrogens is 1. The minimum Gasteiger partial charge on any atom is -0.480 e. The highest BCUT2D eigenvalue weighted by molar-refractivity contribution is 8.01. The second-order valence-electron chi connectivity index (χ2n) is 6.43. The molecule has 0 bridgehead atoms. The van der Waals surface area contributed by atoms with E-state index in [1.807, 2.05) is 0 Å². The topological polar surface area (TPSA) is 124 Å². The van der Waals surface area contributed by atoms with Gasteiger partial charge in [-0.1, -0.05) is 6.07 Å². The van der Waals surface area contributed by atoms with Gasteiger partial charge in [-0.2, -0.15) is 8.42 Å². The number of hydrogen-bond acceptors (Lipinski definition) is 7. The van der Waals surface area contributed by atoms with E-state index in [2.05, 4.69) is 9.50 Å². The predicted molar refractivity (Wildman–Crippen MR) is 94.3 cm³/mol. The van der Waals surface area contributed by atoms with E-state index in [1.54, 1.807) is 55.8 Å². The third-order valence-corrected chi connectivity index (χ3v) is 4.11. The number of hydrogen-bond donors (Lipinski definition) is 2. The minimum atomic E-state index is -4.53. The van der Waals surface area contributed by atoms with Crippen molar-refractivity contribution in [1.29, 1.82) is 0 Å². The lowest BCUT2D eigenvalue weighted by Crippen LogP contribution is -2.30. The van der Waals surface area contributed by atoms with Gasteiger partial charge in [0.1, 0.15) is 18.9 Å². The molecule has 0 fully saturated rings. The number of nitrogens with zero attached hydrogens (tertiary/aromatic N) is 1. The van der Waals surface area contributed by atoms with E-state index < -0.39 is 33.7 Å². The summed E-state index contributed by atoms with van der Waals surface area (Å²) in [6.07, 6.45) is 1.61. The summed E-state index contributed by atoms with van der Waals surface area (Å²) in [7, 11) is -4.53. The Bertz CT molecular complexity index is 926. The van der Waals surface area contributed by atoms with Crippen LogP contribution in [0.5, 0.6) is 0 Å². The Hall–Kier alpha value is -2.59. The fourth-order valence-electron chi connectivity index (χ4n) is 2.20. The monoisotopic (exact) mass is 384 g/mol. The third-order valence-electron chi connectivity index (χ3n) is 3.19. The van der Waals surface area contributed by atoms with E-state index in [4.69, 9.17) is 9.84 Å². The molecular formula is C16H20N2O7S. The standard InChI is InChI=1S/C16H20N2O7S/c1-16(2,3)25-15(21)26(22,23)24-10-17-12-5-4-6-13-11(12)7-8-18(13)9-14(19)20/h4-8,17H,9-10H2,1-3H3,(H,19,20). The Kier molecular flexibility index (Phi) is 5.57. The highest BCUT2D eigenvalue weighted by Crippen LogP contribution is 2.24. The summed E-state index contributed by atoms with van der Waals surface area (Å²) in [5.41, 5.74) is 0.234. The Morgan fingerprint density at radius 1 is 1.23 bits per heavy atom. The number of ether oxygens (including phenoxy) is 1. The molecule has 0 atom stereocenters. The second-order valence-corrected chi connectivity index (χ2v) is 7.91. The van der Waals surface area contributed by atoms with Crippen LogP contribution >= 0.6 is 0 Å². The molecular weight excluding hydrogens is 364 g/mol. The number of fused-ring (bicyclic) bond motifs is 1. The van der Waals surface area contributed by atoms with E-state index in [9.17, 15) is 18.0 Å². The molecule has 2 N–H and O–H groups in total. The van der Waals surface area contributed by atoms with Crippen LogP contribution in [0.1, 0.15) is 20.8 Å². The van der Waals surface area contributed by atoms with Crippen LogP contribution in [0, 0.1) is 0 Å². The molecule has 2 aromatic rings. The number of carbonyl (C=O) groups is 2. The first-order valence-electron chi connectivity index (χ1n) is 7.65. The van der Waals surface area contributed by atoms with Crippen molar-refractivity contribution in [3.63, 3.8) is 0 Å². The van der Waals surface area contributed by atoms with Crippen molar-refractivity contribution in [3.8, 4) is 0 Å². The minimum absolute atomic E-state index is 0.198. The zero-order valence-electron chi connectivity index (χ0n) is 14.6. The fourth-order valence-corrected chi connectivity index (χ4v) is 2.86. The number of carbonyl (C=O) groups excluding carboxylic acids is 1. The van der Waals surface area contributed by atoms with Crippen LogP contribution in [0.2, 0.25) is 0 Å². The maximum atomic E-state index is 11.8. The van der Waals surface area contributed by atoms with Crippen molar-refractivity contribution >= 4 is 38.0 Å². The average molecular weight is 384 g/mol. The van der Waals surface area contributed by atoms with Gasteiger partial charge in [0.05, 0.1) is 5.52 Å². The molecule has 0 aliphatic heterocycles. The molecule has 0 spiro atoms. The zero-order chi connectivity index (χ0) is 19.5. The van der Waals surface area contributed by atoms with Gasteiger partial charge < -0.3 is 19.7 Å². The molecule has 9 nitrogen and oxygen atoms in total. The fraction of sp³-hybridized carbons (Fsp3) is 0.375. The van der Waals surface area contributed by atoms with Crippen LogP contribution in [0.25, 0.3) is 10.9 Å². The lowest BCUT2D eigenvalue weighted by Gasteiger charge is -2.19. The Morgan fingerprint density at radius 2 is 1.92 bits per heavy atom. The predicted octanol–water partition coefficient (Wildman–Crippen LogP) is 2.38. The quantitative estimate of drug-likeness (QED) is 0.442. The van der Waals surface area contributed by atoms with Crippen LogP contribution in [-0.2, 0) is 30.4 Å². The van der Waals surface area contributed by atoms with E-state index in [-0.39, 0.29) is 6.54 Å². The molecule has 0 aliphatic carbocycles. The second kappa shape index (κ2) is 7.34. The molecule has 0 amide bonds. The van der Waals surface area contributed by atoms with Crippen LogP contribution < -0.4 is 5.32 Å². The van der Waals surface area contributed by atoms with Gasteiger partial charge in [0, 0.05) is 17.3 Å². The van der Waals surface area contributed by atoms with Gasteiger partial charge in [-0.3, -0.25) is 4.79 Å². The zero-order valence-corrected chi connectivity index (χ0v) is 15.4. The number of rotatable bonds is 6. The van der Waals surface area contributed by atoms with E-state index in [0.29, 0.717) is 16.6 Å². The maximum absolute atomic E-state index is 11.8. The number of nitrogens with one attached hydrogen (secondary N) is 1. The summed E-state index contributed by atoms with van der Waals surface area (Å²) in [6.45, 7) is 3.95. The molecule has 0 radical (unpaired) electrons. The van der Waals surface area contributed by atoms with Gasteiger partial charge in [0.2, 0.25) is 0 Å². The molecule has 1 aromatic carbocycles. The number of anilines is 1. The summed E-state index contributed by atoms with van der Waals surface area (Å²) in [5, 5.41) is 10.9. The highest BCUT2D eigenvalue weighted by atomic mass is 32.2. The van der Waals surface area contributed by atoms with E-state index in [0.717, 1.165) is 0 Å². The number of carboxylic acids is 1. The summed E-state index contributed by atoms with van der Waals surface area (Å²) in [6, 6.07) is 6.80. The first-order valence-corrected chi connectivity index (χ1v) is 9.06. The van der Waals surface area contributed by atoms with Crippen molar-refractivity contribution in [1.82, 2.24) is 4.57 Å². The largest absolute Gasteiger partial charge is 0.480 e. The molecule has 1 heterocycles. The Balaban J connectivity index is 2.07. The lowest BCUT2D eigenvalue weighted by molar-refractivity contribution is -0.137. The van der Waals surface area contributed by atoms with Gasteiger partial charge >= 0.3 is 21.4 Å². The van der Waals surface area contributed by atoms with Crippen LogP contribution in [-0.4, -0.2) is 41.7 Å². The summed E-state index contributed by atoms with van der Waals surface area (Å²) in [4.78, 5) is 22.5. The number of benzene rings is 1. The lowest BCUT2D eigenvalue weighted by atomic mass is 10.2. The van der Waals surface area contributed by atoms with Crippen molar-refractivity contribution in [2.75, 3.05) is 12.0 Å². The molecule has 1 aromatic heterocycles. The smallest absolute Gasteiger partial charge is 0.452 e. The van der Waals surface area contributed by atoms with Crippen LogP contribution in [0.3, 0.4) is 0 Å². The van der Waals surface area contributed by atoms with Crippen molar-refractivity contribution in [3.05, 3.63) is 30.5 Å². The van der Waals surface area contributed by atoms with Gasteiger partial charge in [-0.15, -0.1) is 0 Å². The number of aliphatic carboxylic acids is 1. The molecule has 2 rings (SSSR count). The number of carboxylic acid groups (broad SMARTS) is 1. The molecule has 0 saturated carbocycles. The Labute approximate surface area is 150 Å². The first kappa shape index (κ1) is 19.7. The average Bonchev–Trinajstić information content (AvgIpc) is 2.89. The SMILES string of the molecule is CC(C)(C)OC(=O)S(=O)(=O)OCNc1cccc2c1ccn2CC(=O)O. The van der Waals surface area contributed by atoms with Crippen LogP contribution in [0.4, 0.5) is 10.5 Å². The van der Waals surface area contributed by atoms with Gasteiger partial charge in [0.25, 0.3) is 0 Å².